The van der Waals surface area contributed by atoms with Crippen LogP contribution in [0.2, 0.25) is 0 Å². The number of rotatable bonds is 3. The molecule has 0 aromatic carbocycles. The van der Waals surface area contributed by atoms with Crippen molar-refractivity contribution in [3.63, 3.8) is 0 Å². The van der Waals surface area contributed by atoms with Gasteiger partial charge in [0.05, 0.1) is 23.2 Å². The third kappa shape index (κ3) is 2.13. The molecule has 3 rings (SSSR count). The Morgan fingerprint density at radius 2 is 2.20 bits per heavy atom. The normalized spacial score (nSPS) is 21.9. The minimum atomic E-state index is -2.94. The first-order valence-electron chi connectivity index (χ1n) is 6.60. The third-order valence-corrected chi connectivity index (χ3v) is 5.74. The summed E-state index contributed by atoms with van der Waals surface area (Å²) < 4.78 is 27.3. The van der Waals surface area contributed by atoms with Crippen molar-refractivity contribution in [3.05, 3.63) is 11.5 Å². The van der Waals surface area contributed by atoms with Gasteiger partial charge in [0.15, 0.2) is 15.5 Å². The van der Waals surface area contributed by atoms with Gasteiger partial charge < -0.3 is 4.57 Å². The van der Waals surface area contributed by atoms with Crippen LogP contribution in [-0.4, -0.2) is 45.1 Å². The molecule has 1 fully saturated rings. The van der Waals surface area contributed by atoms with Crippen molar-refractivity contribution < 1.29 is 8.42 Å². The van der Waals surface area contributed by atoms with Gasteiger partial charge in [0.2, 0.25) is 0 Å². The summed E-state index contributed by atoms with van der Waals surface area (Å²) >= 11 is 5.85. The van der Waals surface area contributed by atoms with Crippen molar-refractivity contribution in [3.8, 4) is 0 Å². The zero-order valence-electron chi connectivity index (χ0n) is 11.5. The quantitative estimate of drug-likeness (QED) is 0.798. The van der Waals surface area contributed by atoms with Gasteiger partial charge in [-0.3, -0.25) is 4.68 Å². The van der Waals surface area contributed by atoms with Crippen molar-refractivity contribution in [2.24, 2.45) is 7.05 Å². The van der Waals surface area contributed by atoms with Crippen LogP contribution in [0.4, 0.5) is 0 Å². The van der Waals surface area contributed by atoms with E-state index in [-0.39, 0.29) is 17.5 Å². The van der Waals surface area contributed by atoms with Crippen LogP contribution in [-0.2, 0) is 23.3 Å². The first-order chi connectivity index (χ1) is 9.43. The van der Waals surface area contributed by atoms with E-state index in [1.807, 2.05) is 18.5 Å². The summed E-state index contributed by atoms with van der Waals surface area (Å²) in [6.07, 6.45) is 1.26. The van der Waals surface area contributed by atoms with E-state index in [9.17, 15) is 8.42 Å². The van der Waals surface area contributed by atoms with Gasteiger partial charge in [-0.25, -0.2) is 13.4 Å². The van der Waals surface area contributed by atoms with E-state index in [0.717, 1.165) is 22.7 Å². The van der Waals surface area contributed by atoms with Gasteiger partial charge in [-0.2, -0.15) is 5.10 Å². The smallest absolute Gasteiger partial charge is 0.158 e. The van der Waals surface area contributed by atoms with Crippen LogP contribution in [0.25, 0.3) is 11.2 Å². The highest BCUT2D eigenvalue weighted by Gasteiger charge is 2.32. The molecule has 0 amide bonds. The number of halogens is 1. The lowest BCUT2D eigenvalue weighted by Gasteiger charge is -2.15. The Labute approximate surface area is 122 Å². The fourth-order valence-electron chi connectivity index (χ4n) is 2.96. The summed E-state index contributed by atoms with van der Waals surface area (Å²) in [5.41, 5.74) is 2.60. The predicted octanol–water partition coefficient (Wildman–Crippen LogP) is 1.22. The fraction of sp³-hybridized carbons (Fsp3) is 0.667. The zero-order valence-corrected chi connectivity index (χ0v) is 13.1. The standard InChI is InChI=1S/C12H17ClN4O2S/c1-8-11-12(16(2)15-8)17(10(14-11)3-5-13)9-4-6-20(18,19)7-9/h9H,3-7H2,1-2H3. The van der Waals surface area contributed by atoms with Crippen LogP contribution in [0.1, 0.15) is 24.0 Å². The SMILES string of the molecule is Cc1nn(C)c2c1nc(CCCl)n2C1CCS(=O)(=O)C1. The Morgan fingerprint density at radius 3 is 2.80 bits per heavy atom. The Bertz CT molecular complexity index is 762. The summed E-state index contributed by atoms with van der Waals surface area (Å²) in [6, 6.07) is -0.0574. The molecule has 1 saturated heterocycles. The molecule has 2 aromatic heterocycles. The number of nitrogens with zero attached hydrogens (tertiary/aromatic N) is 4. The molecule has 20 heavy (non-hydrogen) atoms. The Morgan fingerprint density at radius 1 is 1.45 bits per heavy atom. The van der Waals surface area contributed by atoms with E-state index in [0.29, 0.717) is 18.7 Å². The molecule has 1 atom stereocenters. The third-order valence-electron chi connectivity index (χ3n) is 3.80. The molecule has 1 aliphatic rings. The number of aryl methyl sites for hydroxylation is 3. The van der Waals surface area contributed by atoms with E-state index in [4.69, 9.17) is 11.6 Å². The second kappa shape index (κ2) is 4.73. The number of hydrogen-bond donors (Lipinski definition) is 0. The molecular formula is C12H17ClN4O2S. The van der Waals surface area contributed by atoms with Gasteiger partial charge in [0.25, 0.3) is 0 Å². The molecule has 0 N–H and O–H groups in total. The van der Waals surface area contributed by atoms with Gasteiger partial charge in [0.1, 0.15) is 11.3 Å². The van der Waals surface area contributed by atoms with E-state index in [1.54, 1.807) is 4.68 Å². The highest BCUT2D eigenvalue weighted by atomic mass is 35.5. The van der Waals surface area contributed by atoms with E-state index >= 15 is 0 Å². The second-order valence-corrected chi connectivity index (χ2v) is 7.88. The average molecular weight is 317 g/mol. The topological polar surface area (TPSA) is 69.8 Å². The van der Waals surface area contributed by atoms with Gasteiger partial charge in [0, 0.05) is 19.3 Å². The number of fused-ring (bicyclic) bond motifs is 1. The van der Waals surface area contributed by atoms with Crippen molar-refractivity contribution >= 4 is 32.6 Å². The van der Waals surface area contributed by atoms with Gasteiger partial charge in [-0.15, -0.1) is 11.6 Å². The molecule has 1 aliphatic heterocycles. The van der Waals surface area contributed by atoms with E-state index < -0.39 is 9.84 Å². The lowest BCUT2D eigenvalue weighted by atomic mass is 10.2. The summed E-state index contributed by atoms with van der Waals surface area (Å²) in [5, 5.41) is 4.37. The highest BCUT2D eigenvalue weighted by Crippen LogP contribution is 2.30. The van der Waals surface area contributed by atoms with Crippen LogP contribution < -0.4 is 0 Å². The number of sulfone groups is 1. The van der Waals surface area contributed by atoms with Crippen LogP contribution >= 0.6 is 11.6 Å². The Hall–Kier alpha value is -1.08. The Balaban J connectivity index is 2.18. The molecule has 0 aliphatic carbocycles. The molecule has 1 unspecified atom stereocenters. The molecule has 8 heteroatoms. The monoisotopic (exact) mass is 316 g/mol. The van der Waals surface area contributed by atoms with Crippen LogP contribution in [0, 0.1) is 6.92 Å². The fourth-order valence-corrected chi connectivity index (χ4v) is 4.83. The van der Waals surface area contributed by atoms with Crippen molar-refractivity contribution in [1.82, 2.24) is 19.3 Å². The molecule has 110 valence electrons. The molecule has 0 bridgehead atoms. The summed E-state index contributed by atoms with van der Waals surface area (Å²) in [6.45, 7) is 1.91. The molecule has 3 heterocycles. The highest BCUT2D eigenvalue weighted by molar-refractivity contribution is 7.91. The molecular weight excluding hydrogens is 300 g/mol. The molecule has 6 nitrogen and oxygen atoms in total. The number of aromatic nitrogens is 4. The van der Waals surface area contributed by atoms with Gasteiger partial charge >= 0.3 is 0 Å². The maximum atomic E-state index is 11.7. The maximum absolute atomic E-state index is 11.7. The largest absolute Gasteiger partial charge is 0.309 e. The van der Waals surface area contributed by atoms with E-state index in [1.165, 1.54) is 0 Å². The number of hydrogen-bond acceptors (Lipinski definition) is 4. The van der Waals surface area contributed by atoms with Crippen LogP contribution in [0.3, 0.4) is 0 Å². The van der Waals surface area contributed by atoms with Crippen LogP contribution in [0.15, 0.2) is 0 Å². The van der Waals surface area contributed by atoms with E-state index in [2.05, 4.69) is 10.1 Å². The summed E-state index contributed by atoms with van der Waals surface area (Å²) in [5.74, 6) is 1.75. The first kappa shape index (κ1) is 13.9. The molecule has 0 spiro atoms. The summed E-state index contributed by atoms with van der Waals surface area (Å²) in [7, 11) is -1.08. The maximum Gasteiger partial charge on any atom is 0.158 e. The predicted molar refractivity (Wildman–Crippen MR) is 78.0 cm³/mol. The average Bonchev–Trinajstić information content (AvgIpc) is 2.96. The Kier molecular flexibility index (Phi) is 3.29. The van der Waals surface area contributed by atoms with Gasteiger partial charge in [-0.1, -0.05) is 0 Å². The van der Waals surface area contributed by atoms with Gasteiger partial charge in [-0.05, 0) is 13.3 Å². The number of imidazole rings is 1. The summed E-state index contributed by atoms with van der Waals surface area (Å²) in [4.78, 5) is 4.62. The first-order valence-corrected chi connectivity index (χ1v) is 8.95. The number of alkyl halides is 1. The minimum absolute atomic E-state index is 0.0574. The van der Waals surface area contributed by atoms with Crippen molar-refractivity contribution in [2.45, 2.75) is 25.8 Å². The molecule has 2 aromatic rings. The molecule has 0 saturated carbocycles. The van der Waals surface area contributed by atoms with Crippen molar-refractivity contribution in [1.29, 1.82) is 0 Å². The molecule has 0 radical (unpaired) electrons. The second-order valence-electron chi connectivity index (χ2n) is 5.28. The zero-order chi connectivity index (χ0) is 14.5. The van der Waals surface area contributed by atoms with Crippen LogP contribution in [0.5, 0.6) is 0 Å². The van der Waals surface area contributed by atoms with Crippen molar-refractivity contribution in [2.75, 3.05) is 17.4 Å². The minimum Gasteiger partial charge on any atom is -0.309 e. The lowest BCUT2D eigenvalue weighted by Crippen LogP contribution is -2.16. The lowest BCUT2D eigenvalue weighted by molar-refractivity contribution is 0.534.